The van der Waals surface area contributed by atoms with Crippen LogP contribution < -0.4 is 5.32 Å². The maximum absolute atomic E-state index is 13.1. The minimum Gasteiger partial charge on any atom is -0.394 e. The Balaban J connectivity index is 2.96. The molecule has 88 valence electrons. The highest BCUT2D eigenvalue weighted by Crippen LogP contribution is 2.22. The summed E-state index contributed by atoms with van der Waals surface area (Å²) < 4.78 is 13.4. The van der Waals surface area contributed by atoms with E-state index < -0.39 is 11.7 Å². The monoisotopic (exact) mass is 357 g/mol. The fraction of sp³-hybridized carbons (Fsp3) is 0.300. The molecule has 3 nitrogen and oxygen atoms in total. The summed E-state index contributed by atoms with van der Waals surface area (Å²) in [7, 11) is 0. The van der Waals surface area contributed by atoms with Crippen LogP contribution in [0.3, 0.4) is 0 Å². The number of benzene rings is 1. The quantitative estimate of drug-likeness (QED) is 0.644. The number of hydrogen-bond acceptors (Lipinski definition) is 2. The molecule has 2 N–H and O–H groups in total. The summed E-state index contributed by atoms with van der Waals surface area (Å²) in [6.45, 7) is 1.49. The van der Waals surface area contributed by atoms with Gasteiger partial charge in [-0.15, -0.1) is 0 Å². The van der Waals surface area contributed by atoms with E-state index in [1.54, 1.807) is 29.5 Å². The summed E-state index contributed by atoms with van der Waals surface area (Å²) in [5.41, 5.74) is 0.202. The van der Waals surface area contributed by atoms with Gasteiger partial charge in [0.05, 0.1) is 17.2 Å². The van der Waals surface area contributed by atoms with E-state index in [-0.39, 0.29) is 23.2 Å². The zero-order valence-electron chi connectivity index (χ0n) is 8.43. The molecule has 16 heavy (non-hydrogen) atoms. The Morgan fingerprint density at radius 3 is 2.88 bits per heavy atom. The SMILES string of the molecule is CC(CO)NC(=O)c1cc(I)c(F)cc1Cl. The van der Waals surface area contributed by atoms with Crippen molar-refractivity contribution in [2.45, 2.75) is 13.0 Å². The van der Waals surface area contributed by atoms with Crippen molar-refractivity contribution >= 4 is 40.1 Å². The maximum atomic E-state index is 13.1. The highest BCUT2D eigenvalue weighted by molar-refractivity contribution is 14.1. The average molecular weight is 358 g/mol. The van der Waals surface area contributed by atoms with Gasteiger partial charge in [0.15, 0.2) is 0 Å². The smallest absolute Gasteiger partial charge is 0.253 e. The highest BCUT2D eigenvalue weighted by Gasteiger charge is 2.15. The molecule has 0 aliphatic carbocycles. The van der Waals surface area contributed by atoms with Gasteiger partial charge >= 0.3 is 0 Å². The van der Waals surface area contributed by atoms with E-state index in [2.05, 4.69) is 5.32 Å². The van der Waals surface area contributed by atoms with E-state index in [0.29, 0.717) is 3.57 Å². The molecule has 1 atom stereocenters. The largest absolute Gasteiger partial charge is 0.394 e. The van der Waals surface area contributed by atoms with Crippen LogP contribution in [0.25, 0.3) is 0 Å². The number of rotatable bonds is 3. The second-order valence-electron chi connectivity index (χ2n) is 3.30. The molecule has 1 aromatic rings. The standard InChI is InChI=1S/C10H10ClFINO2/c1-5(4-15)14-10(16)6-2-9(13)8(12)3-7(6)11/h2-3,5,15H,4H2,1H3,(H,14,16). The van der Waals surface area contributed by atoms with E-state index in [9.17, 15) is 9.18 Å². The lowest BCUT2D eigenvalue weighted by molar-refractivity contribution is 0.0922. The summed E-state index contributed by atoms with van der Waals surface area (Å²) in [5, 5.41) is 11.4. The van der Waals surface area contributed by atoms with Gasteiger partial charge in [0.1, 0.15) is 5.82 Å². The molecule has 0 bridgehead atoms. The minimum absolute atomic E-state index is 0.0561. The molecule has 0 aromatic heterocycles. The van der Waals surface area contributed by atoms with Crippen LogP contribution in [-0.2, 0) is 0 Å². The van der Waals surface area contributed by atoms with Crippen molar-refractivity contribution in [3.05, 3.63) is 32.1 Å². The third-order valence-corrected chi connectivity index (χ3v) is 3.05. The summed E-state index contributed by atoms with van der Waals surface area (Å²) >= 11 is 7.54. The molecule has 1 unspecified atom stereocenters. The molecule has 0 radical (unpaired) electrons. The molecule has 6 heteroatoms. The van der Waals surface area contributed by atoms with E-state index >= 15 is 0 Å². The summed E-state index contributed by atoms with van der Waals surface area (Å²) in [5.74, 6) is -0.887. The van der Waals surface area contributed by atoms with E-state index in [4.69, 9.17) is 16.7 Å². The van der Waals surface area contributed by atoms with Gasteiger partial charge in [0, 0.05) is 9.61 Å². The first kappa shape index (κ1) is 13.7. The second-order valence-corrected chi connectivity index (χ2v) is 4.87. The molecule has 0 spiro atoms. The second kappa shape index (κ2) is 5.79. The van der Waals surface area contributed by atoms with Gasteiger partial charge in [0.2, 0.25) is 0 Å². The first-order valence-electron chi connectivity index (χ1n) is 4.52. The fourth-order valence-electron chi connectivity index (χ4n) is 1.04. The predicted molar refractivity (Wildman–Crippen MR) is 68.1 cm³/mol. The molecule has 0 saturated carbocycles. The molecule has 0 aliphatic rings. The Kier molecular flexibility index (Phi) is 4.94. The van der Waals surface area contributed by atoms with Crippen molar-refractivity contribution in [1.29, 1.82) is 0 Å². The number of amides is 1. The van der Waals surface area contributed by atoms with Gasteiger partial charge in [-0.25, -0.2) is 4.39 Å². The van der Waals surface area contributed by atoms with Gasteiger partial charge in [-0.1, -0.05) is 11.6 Å². The van der Waals surface area contributed by atoms with Crippen molar-refractivity contribution in [2.75, 3.05) is 6.61 Å². The molecular formula is C10H10ClFINO2. The van der Waals surface area contributed by atoms with Gasteiger partial charge in [0.25, 0.3) is 5.91 Å². The fourth-order valence-corrected chi connectivity index (χ4v) is 1.75. The van der Waals surface area contributed by atoms with Crippen LogP contribution in [0.4, 0.5) is 4.39 Å². The van der Waals surface area contributed by atoms with Gasteiger partial charge < -0.3 is 10.4 Å². The van der Waals surface area contributed by atoms with Crippen molar-refractivity contribution < 1.29 is 14.3 Å². The molecule has 0 saturated heterocycles. The molecule has 0 heterocycles. The minimum atomic E-state index is -0.461. The van der Waals surface area contributed by atoms with Crippen LogP contribution >= 0.6 is 34.2 Å². The first-order valence-corrected chi connectivity index (χ1v) is 5.97. The molecule has 1 aromatic carbocycles. The predicted octanol–water partition coefficient (Wildman–Crippen LogP) is 2.19. The molecule has 1 rings (SSSR count). The van der Waals surface area contributed by atoms with Crippen LogP contribution in [0.5, 0.6) is 0 Å². The third kappa shape index (κ3) is 3.29. The number of nitrogens with one attached hydrogen (secondary N) is 1. The lowest BCUT2D eigenvalue weighted by Gasteiger charge is -2.12. The van der Waals surface area contributed by atoms with Crippen LogP contribution in [0.2, 0.25) is 5.02 Å². The number of carbonyl (C=O) groups is 1. The zero-order chi connectivity index (χ0) is 12.3. The Hall–Kier alpha value is -0.400. The van der Waals surface area contributed by atoms with Gasteiger partial charge in [-0.3, -0.25) is 4.79 Å². The average Bonchev–Trinajstić information content (AvgIpc) is 2.23. The zero-order valence-corrected chi connectivity index (χ0v) is 11.3. The van der Waals surface area contributed by atoms with Crippen LogP contribution in [0.15, 0.2) is 12.1 Å². The normalized spacial score (nSPS) is 12.3. The number of carbonyl (C=O) groups excluding carboxylic acids is 1. The lowest BCUT2D eigenvalue weighted by Crippen LogP contribution is -2.35. The third-order valence-electron chi connectivity index (χ3n) is 1.91. The van der Waals surface area contributed by atoms with Crippen LogP contribution in [0, 0.1) is 9.39 Å². The summed E-state index contributed by atoms with van der Waals surface area (Å²) in [4.78, 5) is 11.7. The Bertz CT molecular complexity index is 414. The van der Waals surface area contributed by atoms with Gasteiger partial charge in [-0.05, 0) is 41.6 Å². The molecule has 0 aliphatic heterocycles. The summed E-state index contributed by atoms with van der Waals surface area (Å²) in [6, 6.07) is 2.10. The number of aliphatic hydroxyl groups is 1. The van der Waals surface area contributed by atoms with Crippen molar-refractivity contribution in [3.8, 4) is 0 Å². The molecule has 1 amide bonds. The van der Waals surface area contributed by atoms with Gasteiger partial charge in [-0.2, -0.15) is 0 Å². The molecule has 0 fully saturated rings. The highest BCUT2D eigenvalue weighted by atomic mass is 127. The van der Waals surface area contributed by atoms with Crippen LogP contribution in [-0.4, -0.2) is 23.7 Å². The Morgan fingerprint density at radius 1 is 1.69 bits per heavy atom. The van der Waals surface area contributed by atoms with E-state index in [0.717, 1.165) is 6.07 Å². The Morgan fingerprint density at radius 2 is 2.31 bits per heavy atom. The maximum Gasteiger partial charge on any atom is 0.253 e. The topological polar surface area (TPSA) is 49.3 Å². The van der Waals surface area contributed by atoms with Crippen LogP contribution in [0.1, 0.15) is 17.3 Å². The van der Waals surface area contributed by atoms with Crippen molar-refractivity contribution in [3.63, 3.8) is 0 Å². The molecular weight excluding hydrogens is 347 g/mol. The number of hydrogen-bond donors (Lipinski definition) is 2. The number of aliphatic hydroxyl groups excluding tert-OH is 1. The lowest BCUT2D eigenvalue weighted by atomic mass is 10.2. The van der Waals surface area contributed by atoms with Crippen molar-refractivity contribution in [2.24, 2.45) is 0 Å². The van der Waals surface area contributed by atoms with E-state index in [1.165, 1.54) is 6.07 Å². The number of halogens is 3. The van der Waals surface area contributed by atoms with E-state index in [1.807, 2.05) is 0 Å². The Labute approximate surface area is 111 Å². The first-order chi connectivity index (χ1) is 7.45. The summed E-state index contributed by atoms with van der Waals surface area (Å²) in [6.07, 6.45) is 0. The van der Waals surface area contributed by atoms with Crippen molar-refractivity contribution in [1.82, 2.24) is 5.32 Å².